The van der Waals surface area contributed by atoms with Gasteiger partial charge in [0.25, 0.3) is 0 Å². The van der Waals surface area contributed by atoms with Crippen LogP contribution in [-0.4, -0.2) is 18.6 Å². The van der Waals surface area contributed by atoms with E-state index >= 15 is 0 Å². The SMILES string of the molecule is FC(F)(F)c1ccc2c(c1)NCC(NC1CC1)C2. The fourth-order valence-corrected chi connectivity index (χ4v) is 2.37. The molecule has 2 N–H and O–H groups in total. The minimum absolute atomic E-state index is 0.335. The molecule has 0 saturated heterocycles. The summed E-state index contributed by atoms with van der Waals surface area (Å²) >= 11 is 0. The summed E-state index contributed by atoms with van der Waals surface area (Å²) < 4.78 is 37.7. The van der Waals surface area contributed by atoms with Gasteiger partial charge in [0.1, 0.15) is 0 Å². The molecular formula is C13H15F3N2. The van der Waals surface area contributed by atoms with Crippen molar-refractivity contribution in [2.75, 3.05) is 11.9 Å². The van der Waals surface area contributed by atoms with E-state index in [1.807, 2.05) is 0 Å². The van der Waals surface area contributed by atoms with Crippen molar-refractivity contribution in [1.82, 2.24) is 5.32 Å². The van der Waals surface area contributed by atoms with Gasteiger partial charge in [0, 0.05) is 24.3 Å². The Morgan fingerprint density at radius 1 is 1.17 bits per heavy atom. The maximum atomic E-state index is 12.6. The lowest BCUT2D eigenvalue weighted by Gasteiger charge is -2.27. The van der Waals surface area contributed by atoms with E-state index in [1.165, 1.54) is 25.0 Å². The van der Waals surface area contributed by atoms with Crippen LogP contribution in [0.1, 0.15) is 24.0 Å². The van der Waals surface area contributed by atoms with Crippen molar-refractivity contribution in [2.24, 2.45) is 0 Å². The predicted molar refractivity (Wildman–Crippen MR) is 63.6 cm³/mol. The van der Waals surface area contributed by atoms with Crippen LogP contribution in [0.3, 0.4) is 0 Å². The Balaban J connectivity index is 1.76. The van der Waals surface area contributed by atoms with Crippen molar-refractivity contribution in [3.05, 3.63) is 29.3 Å². The van der Waals surface area contributed by atoms with Crippen molar-refractivity contribution in [3.63, 3.8) is 0 Å². The molecular weight excluding hydrogens is 241 g/mol. The molecule has 1 aliphatic carbocycles. The molecule has 1 heterocycles. The molecule has 1 saturated carbocycles. The topological polar surface area (TPSA) is 24.1 Å². The van der Waals surface area contributed by atoms with Gasteiger partial charge in [0.05, 0.1) is 5.56 Å². The van der Waals surface area contributed by atoms with Crippen LogP contribution in [0.25, 0.3) is 0 Å². The van der Waals surface area contributed by atoms with E-state index in [9.17, 15) is 13.2 Å². The molecule has 0 bridgehead atoms. The van der Waals surface area contributed by atoms with Crippen molar-refractivity contribution in [1.29, 1.82) is 0 Å². The number of nitrogens with one attached hydrogen (secondary N) is 2. The number of alkyl halides is 3. The number of hydrogen-bond donors (Lipinski definition) is 2. The molecule has 1 aromatic rings. The zero-order valence-electron chi connectivity index (χ0n) is 9.85. The van der Waals surface area contributed by atoms with E-state index in [0.29, 0.717) is 24.3 Å². The van der Waals surface area contributed by atoms with Crippen LogP contribution in [0.4, 0.5) is 18.9 Å². The highest BCUT2D eigenvalue weighted by Gasteiger charge is 2.32. The zero-order valence-corrected chi connectivity index (χ0v) is 9.85. The fourth-order valence-electron chi connectivity index (χ4n) is 2.37. The third kappa shape index (κ3) is 2.46. The first-order valence-electron chi connectivity index (χ1n) is 6.22. The normalized spacial score (nSPS) is 23.4. The Morgan fingerprint density at radius 2 is 1.94 bits per heavy atom. The van der Waals surface area contributed by atoms with E-state index in [1.54, 1.807) is 6.07 Å². The third-order valence-corrected chi connectivity index (χ3v) is 3.49. The predicted octanol–water partition coefficient (Wildman–Crippen LogP) is 2.79. The molecule has 1 aliphatic heterocycles. The molecule has 1 atom stereocenters. The summed E-state index contributed by atoms with van der Waals surface area (Å²) in [6.07, 6.45) is -1.02. The fraction of sp³-hybridized carbons (Fsp3) is 0.538. The van der Waals surface area contributed by atoms with Crippen LogP contribution >= 0.6 is 0 Å². The van der Waals surface area contributed by atoms with Gasteiger partial charge in [-0.3, -0.25) is 0 Å². The smallest absolute Gasteiger partial charge is 0.383 e. The number of hydrogen-bond acceptors (Lipinski definition) is 2. The summed E-state index contributed by atoms with van der Waals surface area (Å²) in [4.78, 5) is 0. The molecule has 5 heteroatoms. The molecule has 0 spiro atoms. The summed E-state index contributed by atoms with van der Waals surface area (Å²) in [5.41, 5.74) is 1.01. The van der Waals surface area contributed by atoms with Gasteiger partial charge in [-0.15, -0.1) is 0 Å². The van der Waals surface area contributed by atoms with E-state index in [0.717, 1.165) is 12.0 Å². The summed E-state index contributed by atoms with van der Waals surface area (Å²) in [5, 5.41) is 6.59. The van der Waals surface area contributed by atoms with Gasteiger partial charge in [-0.05, 0) is 37.0 Å². The van der Waals surface area contributed by atoms with E-state index in [-0.39, 0.29) is 0 Å². The van der Waals surface area contributed by atoms with Crippen LogP contribution < -0.4 is 10.6 Å². The van der Waals surface area contributed by atoms with Gasteiger partial charge in [-0.2, -0.15) is 13.2 Å². The first-order valence-corrected chi connectivity index (χ1v) is 6.22. The molecule has 18 heavy (non-hydrogen) atoms. The van der Waals surface area contributed by atoms with Crippen molar-refractivity contribution >= 4 is 5.69 Å². The average Bonchev–Trinajstić information content (AvgIpc) is 3.11. The van der Waals surface area contributed by atoms with Crippen molar-refractivity contribution < 1.29 is 13.2 Å². The zero-order chi connectivity index (χ0) is 12.8. The number of anilines is 1. The van der Waals surface area contributed by atoms with Crippen molar-refractivity contribution in [2.45, 2.75) is 37.5 Å². The second-order valence-electron chi connectivity index (χ2n) is 5.09. The minimum Gasteiger partial charge on any atom is -0.383 e. The second-order valence-corrected chi connectivity index (χ2v) is 5.09. The van der Waals surface area contributed by atoms with Gasteiger partial charge >= 0.3 is 6.18 Å². The lowest BCUT2D eigenvalue weighted by molar-refractivity contribution is -0.137. The Morgan fingerprint density at radius 3 is 2.61 bits per heavy atom. The van der Waals surface area contributed by atoms with Crippen LogP contribution in [0.15, 0.2) is 18.2 Å². The molecule has 0 amide bonds. The Labute approximate surface area is 104 Å². The summed E-state index contributed by atoms with van der Waals surface area (Å²) in [6, 6.07) is 4.92. The molecule has 1 fully saturated rings. The maximum absolute atomic E-state index is 12.6. The molecule has 2 nitrogen and oxygen atoms in total. The monoisotopic (exact) mass is 256 g/mol. The second kappa shape index (κ2) is 4.16. The quantitative estimate of drug-likeness (QED) is 0.850. The summed E-state index contributed by atoms with van der Waals surface area (Å²) in [6.45, 7) is 0.699. The van der Waals surface area contributed by atoms with Gasteiger partial charge in [-0.1, -0.05) is 6.07 Å². The van der Waals surface area contributed by atoms with Crippen molar-refractivity contribution in [3.8, 4) is 0 Å². The number of halogens is 3. The number of rotatable bonds is 2. The standard InChI is InChI=1S/C13H15F3N2/c14-13(15,16)9-2-1-8-5-11(18-10-3-4-10)7-17-12(8)6-9/h1-2,6,10-11,17-18H,3-5,7H2. The lowest BCUT2D eigenvalue weighted by Crippen LogP contribution is -2.41. The highest BCUT2D eigenvalue weighted by molar-refractivity contribution is 5.56. The first-order chi connectivity index (χ1) is 8.52. The van der Waals surface area contributed by atoms with Gasteiger partial charge in [0.15, 0.2) is 0 Å². The highest BCUT2D eigenvalue weighted by Crippen LogP contribution is 2.34. The molecule has 98 valence electrons. The Kier molecular flexibility index (Phi) is 2.73. The molecule has 2 aliphatic rings. The van der Waals surface area contributed by atoms with Gasteiger partial charge < -0.3 is 10.6 Å². The lowest BCUT2D eigenvalue weighted by atomic mass is 9.97. The minimum atomic E-state index is -4.26. The van der Waals surface area contributed by atoms with Crippen LogP contribution in [0.5, 0.6) is 0 Å². The first kappa shape index (κ1) is 11.8. The Bertz CT molecular complexity index is 452. The average molecular weight is 256 g/mol. The van der Waals surface area contributed by atoms with Gasteiger partial charge in [-0.25, -0.2) is 0 Å². The molecule has 3 rings (SSSR count). The van der Waals surface area contributed by atoms with E-state index < -0.39 is 11.7 Å². The van der Waals surface area contributed by atoms with Crippen LogP contribution in [0.2, 0.25) is 0 Å². The van der Waals surface area contributed by atoms with Crippen LogP contribution in [0, 0.1) is 0 Å². The summed E-state index contributed by atoms with van der Waals surface area (Å²) in [7, 11) is 0. The Hall–Kier alpha value is -1.23. The summed E-state index contributed by atoms with van der Waals surface area (Å²) in [5.74, 6) is 0. The maximum Gasteiger partial charge on any atom is 0.416 e. The van der Waals surface area contributed by atoms with E-state index in [2.05, 4.69) is 10.6 Å². The largest absolute Gasteiger partial charge is 0.416 e. The molecule has 0 radical (unpaired) electrons. The van der Waals surface area contributed by atoms with Crippen LogP contribution in [-0.2, 0) is 12.6 Å². The molecule has 0 aromatic heterocycles. The van der Waals surface area contributed by atoms with E-state index in [4.69, 9.17) is 0 Å². The van der Waals surface area contributed by atoms with Gasteiger partial charge in [0.2, 0.25) is 0 Å². The molecule has 1 aromatic carbocycles. The molecule has 1 unspecified atom stereocenters. The number of benzene rings is 1. The third-order valence-electron chi connectivity index (χ3n) is 3.49. The number of fused-ring (bicyclic) bond motifs is 1. The highest BCUT2D eigenvalue weighted by atomic mass is 19.4.